The van der Waals surface area contributed by atoms with E-state index in [1.54, 1.807) is 18.2 Å². The number of epoxide rings is 1. The summed E-state index contributed by atoms with van der Waals surface area (Å²) in [7, 11) is 0. The highest BCUT2D eigenvalue weighted by Crippen LogP contribution is 2.37. The number of rotatable bonds is 5. The molecule has 1 aliphatic heterocycles. The van der Waals surface area contributed by atoms with Crippen molar-refractivity contribution in [1.29, 1.82) is 0 Å². The van der Waals surface area contributed by atoms with Crippen LogP contribution in [0.25, 0.3) is 6.08 Å². The lowest BCUT2D eigenvalue weighted by atomic mass is 9.82. The first-order chi connectivity index (χ1) is 11.1. The van der Waals surface area contributed by atoms with Crippen LogP contribution < -0.4 is 0 Å². The second-order valence-corrected chi connectivity index (χ2v) is 6.36. The van der Waals surface area contributed by atoms with E-state index < -0.39 is 17.8 Å². The molecule has 124 valence electrons. The maximum atomic E-state index is 14.3. The quantitative estimate of drug-likeness (QED) is 0.490. The molecule has 2 aliphatic rings. The number of hydrogen-bond donors (Lipinski definition) is 0. The van der Waals surface area contributed by atoms with E-state index in [1.807, 2.05) is 12.2 Å². The molecule has 4 heteroatoms. The Bertz CT molecular complexity index is 597. The zero-order valence-corrected chi connectivity index (χ0v) is 13.0. The van der Waals surface area contributed by atoms with Crippen molar-refractivity contribution in [1.82, 2.24) is 0 Å². The minimum Gasteiger partial charge on any atom is -0.368 e. The van der Waals surface area contributed by atoms with Gasteiger partial charge in [0.1, 0.15) is 11.9 Å². The summed E-state index contributed by atoms with van der Waals surface area (Å²) in [6.45, 7) is 4.22. The SMILES string of the molecule is C=CC1CCC(/C=C/c2ccc(C3CO3)c(F)c2C(F)F)CC1. The molecule has 1 saturated heterocycles. The van der Waals surface area contributed by atoms with Gasteiger partial charge in [0.25, 0.3) is 6.43 Å². The van der Waals surface area contributed by atoms with E-state index >= 15 is 0 Å². The van der Waals surface area contributed by atoms with Gasteiger partial charge in [-0.15, -0.1) is 6.58 Å². The van der Waals surface area contributed by atoms with E-state index in [-0.39, 0.29) is 17.2 Å². The Morgan fingerprint density at radius 3 is 2.35 bits per heavy atom. The zero-order valence-electron chi connectivity index (χ0n) is 13.0. The van der Waals surface area contributed by atoms with Gasteiger partial charge in [-0.1, -0.05) is 30.4 Å². The zero-order chi connectivity index (χ0) is 16.4. The largest absolute Gasteiger partial charge is 0.368 e. The molecule has 1 atom stereocenters. The lowest BCUT2D eigenvalue weighted by molar-refractivity contribution is 0.145. The van der Waals surface area contributed by atoms with Crippen molar-refractivity contribution in [2.45, 2.75) is 38.2 Å². The van der Waals surface area contributed by atoms with Gasteiger partial charge in [-0.25, -0.2) is 13.2 Å². The molecule has 3 rings (SSSR count). The van der Waals surface area contributed by atoms with Crippen molar-refractivity contribution in [3.05, 3.63) is 53.4 Å². The first kappa shape index (κ1) is 16.3. The second-order valence-electron chi connectivity index (χ2n) is 6.36. The third-order valence-corrected chi connectivity index (χ3v) is 4.84. The highest BCUT2D eigenvalue weighted by molar-refractivity contribution is 5.56. The summed E-state index contributed by atoms with van der Waals surface area (Å²) in [4.78, 5) is 0. The average Bonchev–Trinajstić information content (AvgIpc) is 3.37. The number of ether oxygens (including phenoxy) is 1. The van der Waals surface area contributed by atoms with Crippen LogP contribution in [-0.4, -0.2) is 6.61 Å². The molecule has 0 amide bonds. The molecular formula is C19H21F3O. The van der Waals surface area contributed by atoms with Crippen LogP contribution in [0.1, 0.15) is 54.9 Å². The van der Waals surface area contributed by atoms with Crippen molar-refractivity contribution in [3.63, 3.8) is 0 Å². The van der Waals surface area contributed by atoms with E-state index in [4.69, 9.17) is 4.74 Å². The highest BCUT2D eigenvalue weighted by Gasteiger charge is 2.31. The van der Waals surface area contributed by atoms with Gasteiger partial charge in [-0.05, 0) is 43.1 Å². The Labute approximate surface area is 134 Å². The number of alkyl halides is 2. The molecular weight excluding hydrogens is 301 g/mol. The van der Waals surface area contributed by atoms with Gasteiger partial charge in [-0.3, -0.25) is 0 Å². The smallest absolute Gasteiger partial charge is 0.267 e. The molecule has 1 heterocycles. The standard InChI is InChI=1S/C19H21F3O/c1-2-12-3-5-13(6-4-12)7-8-14-9-10-15(16-11-23-16)18(20)17(14)19(21)22/h2,7-10,12-13,16,19H,1,3-6,11H2/b8-7+. The number of benzene rings is 1. The predicted octanol–water partition coefficient (Wildman–Crippen LogP) is 5.84. The van der Waals surface area contributed by atoms with Crippen molar-refractivity contribution >= 4 is 6.08 Å². The van der Waals surface area contributed by atoms with E-state index in [2.05, 4.69) is 6.58 Å². The Balaban J connectivity index is 1.78. The summed E-state index contributed by atoms with van der Waals surface area (Å²) < 4.78 is 45.9. The third-order valence-electron chi connectivity index (χ3n) is 4.84. The number of hydrogen-bond acceptors (Lipinski definition) is 1. The van der Waals surface area contributed by atoms with Crippen LogP contribution in [-0.2, 0) is 4.74 Å². The van der Waals surface area contributed by atoms with E-state index in [0.29, 0.717) is 18.4 Å². The van der Waals surface area contributed by atoms with Gasteiger partial charge in [0.2, 0.25) is 0 Å². The number of allylic oxidation sites excluding steroid dienone is 2. The first-order valence-corrected chi connectivity index (χ1v) is 8.13. The summed E-state index contributed by atoms with van der Waals surface area (Å²) in [6, 6.07) is 3.14. The van der Waals surface area contributed by atoms with Gasteiger partial charge in [0, 0.05) is 5.56 Å². The molecule has 1 nitrogen and oxygen atoms in total. The fourth-order valence-electron chi connectivity index (χ4n) is 3.28. The van der Waals surface area contributed by atoms with Gasteiger partial charge in [0.15, 0.2) is 0 Å². The predicted molar refractivity (Wildman–Crippen MR) is 84.7 cm³/mol. The monoisotopic (exact) mass is 322 g/mol. The topological polar surface area (TPSA) is 12.5 Å². The summed E-state index contributed by atoms with van der Waals surface area (Å²) in [5.41, 5.74) is 0.00529. The van der Waals surface area contributed by atoms with E-state index in [1.165, 1.54) is 0 Å². The lowest BCUT2D eigenvalue weighted by Crippen LogP contribution is -2.10. The van der Waals surface area contributed by atoms with Gasteiger partial charge < -0.3 is 4.74 Å². The Hall–Kier alpha value is -1.55. The fourth-order valence-corrected chi connectivity index (χ4v) is 3.28. The Morgan fingerprint density at radius 1 is 1.13 bits per heavy atom. The van der Waals surface area contributed by atoms with E-state index in [9.17, 15) is 13.2 Å². The van der Waals surface area contributed by atoms with Crippen LogP contribution in [0.5, 0.6) is 0 Å². The summed E-state index contributed by atoms with van der Waals surface area (Å²) in [5.74, 6) is 0.109. The minimum atomic E-state index is -2.83. The Morgan fingerprint density at radius 2 is 1.78 bits per heavy atom. The van der Waals surface area contributed by atoms with Gasteiger partial charge in [0.05, 0.1) is 12.2 Å². The molecule has 1 aliphatic carbocycles. The first-order valence-electron chi connectivity index (χ1n) is 8.13. The Kier molecular flexibility index (Phi) is 4.90. The normalized spacial score (nSPS) is 27.6. The van der Waals surface area contributed by atoms with Gasteiger partial charge >= 0.3 is 0 Å². The van der Waals surface area contributed by atoms with Crippen LogP contribution in [0.2, 0.25) is 0 Å². The maximum absolute atomic E-state index is 14.3. The van der Waals surface area contributed by atoms with E-state index in [0.717, 1.165) is 25.7 Å². The summed E-state index contributed by atoms with van der Waals surface area (Å²) in [5, 5.41) is 0. The molecule has 0 radical (unpaired) electrons. The van der Waals surface area contributed by atoms with Crippen molar-refractivity contribution in [2.75, 3.05) is 6.61 Å². The molecule has 1 saturated carbocycles. The average molecular weight is 322 g/mol. The molecule has 1 aromatic carbocycles. The van der Waals surface area contributed by atoms with Gasteiger partial charge in [-0.2, -0.15) is 0 Å². The molecule has 1 aromatic rings. The molecule has 1 unspecified atom stereocenters. The van der Waals surface area contributed by atoms with Crippen molar-refractivity contribution in [2.24, 2.45) is 11.8 Å². The lowest BCUT2D eigenvalue weighted by Gasteiger charge is -2.24. The number of halogens is 3. The summed E-state index contributed by atoms with van der Waals surface area (Å²) in [6.07, 6.45) is 6.60. The van der Waals surface area contributed by atoms with Crippen LogP contribution in [0.15, 0.2) is 30.9 Å². The molecule has 0 spiro atoms. The molecule has 23 heavy (non-hydrogen) atoms. The third kappa shape index (κ3) is 3.69. The maximum Gasteiger partial charge on any atom is 0.267 e. The molecule has 0 bridgehead atoms. The van der Waals surface area contributed by atoms with Crippen LogP contribution in [0, 0.1) is 17.7 Å². The van der Waals surface area contributed by atoms with Crippen molar-refractivity contribution in [3.8, 4) is 0 Å². The molecule has 2 fully saturated rings. The molecule has 0 N–H and O–H groups in total. The van der Waals surface area contributed by atoms with Crippen LogP contribution >= 0.6 is 0 Å². The second kappa shape index (κ2) is 6.91. The highest BCUT2D eigenvalue weighted by atomic mass is 19.3. The summed E-state index contributed by atoms with van der Waals surface area (Å²) >= 11 is 0. The van der Waals surface area contributed by atoms with Crippen LogP contribution in [0.3, 0.4) is 0 Å². The van der Waals surface area contributed by atoms with Crippen molar-refractivity contribution < 1.29 is 17.9 Å². The van der Waals surface area contributed by atoms with Crippen LogP contribution in [0.4, 0.5) is 13.2 Å². The minimum absolute atomic E-state index is 0.240. The fraction of sp³-hybridized carbons (Fsp3) is 0.474. The molecule has 0 aromatic heterocycles.